The Bertz CT molecular complexity index is 1690. The van der Waals surface area contributed by atoms with Gasteiger partial charge in [0.25, 0.3) is 11.5 Å². The number of aromatic nitrogens is 2. The zero-order valence-electron chi connectivity index (χ0n) is 22.0. The standard InChI is InChI=1S/C28H25F2N5O3S/c1-7-10-28(30,16(2)3)20-11-18(9-8-17(20)14-31)34-25(37)27(4,5)35(26(34)39)19-12-21(29)24-32-22(38-6)13-23(36)33(24)15-19/h7-13,15H,2H2,1,3-6H3/b10-7+. The molecule has 1 fully saturated rings. The number of allylic oxidation sites excluding steroid dienone is 3. The fourth-order valence-corrected chi connectivity index (χ4v) is 5.09. The first-order valence-electron chi connectivity index (χ1n) is 11.8. The van der Waals surface area contributed by atoms with Crippen molar-refractivity contribution in [2.24, 2.45) is 0 Å². The van der Waals surface area contributed by atoms with E-state index in [1.165, 1.54) is 60.4 Å². The van der Waals surface area contributed by atoms with Gasteiger partial charge in [-0.2, -0.15) is 10.2 Å². The van der Waals surface area contributed by atoms with E-state index in [4.69, 9.17) is 17.0 Å². The van der Waals surface area contributed by atoms with Crippen LogP contribution >= 0.6 is 12.2 Å². The quantitative estimate of drug-likeness (QED) is 0.318. The lowest BCUT2D eigenvalue weighted by atomic mass is 9.85. The second kappa shape index (κ2) is 9.71. The maximum atomic E-state index is 16.2. The molecule has 0 radical (unpaired) electrons. The third-order valence-electron chi connectivity index (χ3n) is 6.60. The molecule has 1 unspecified atom stereocenters. The van der Waals surface area contributed by atoms with E-state index in [0.717, 1.165) is 16.5 Å². The summed E-state index contributed by atoms with van der Waals surface area (Å²) >= 11 is 5.69. The number of nitriles is 1. The van der Waals surface area contributed by atoms with Crippen LogP contribution in [0.15, 0.2) is 65.6 Å². The molecule has 3 heterocycles. The third-order valence-corrected chi connectivity index (χ3v) is 6.97. The monoisotopic (exact) mass is 549 g/mol. The summed E-state index contributed by atoms with van der Waals surface area (Å²) in [4.78, 5) is 33.0. The van der Waals surface area contributed by atoms with E-state index in [1.54, 1.807) is 20.8 Å². The number of halogens is 2. The summed E-state index contributed by atoms with van der Waals surface area (Å²) in [6.07, 6.45) is 4.13. The van der Waals surface area contributed by atoms with Crippen LogP contribution in [0.4, 0.5) is 20.2 Å². The number of fused-ring (bicyclic) bond motifs is 1. The number of carbonyl (C=O) groups excluding carboxylic acids is 1. The van der Waals surface area contributed by atoms with Gasteiger partial charge in [-0.05, 0) is 69.8 Å². The molecule has 1 aliphatic heterocycles. The number of thiocarbonyl (C=S) groups is 1. The smallest absolute Gasteiger partial charge is 0.261 e. The zero-order valence-corrected chi connectivity index (χ0v) is 22.8. The topological polar surface area (TPSA) is 90.9 Å². The molecule has 0 N–H and O–H groups in total. The van der Waals surface area contributed by atoms with Crippen molar-refractivity contribution in [3.63, 3.8) is 0 Å². The number of benzene rings is 1. The van der Waals surface area contributed by atoms with E-state index in [1.807, 2.05) is 6.07 Å². The number of methoxy groups -OCH3 is 1. The van der Waals surface area contributed by atoms with Gasteiger partial charge < -0.3 is 9.64 Å². The normalized spacial score (nSPS) is 16.6. The molecule has 4 rings (SSSR count). The highest BCUT2D eigenvalue weighted by atomic mass is 32.1. The summed E-state index contributed by atoms with van der Waals surface area (Å²) in [6, 6.07) is 8.50. The first-order valence-corrected chi connectivity index (χ1v) is 12.2. The van der Waals surface area contributed by atoms with Crippen molar-refractivity contribution in [1.29, 1.82) is 5.26 Å². The summed E-state index contributed by atoms with van der Waals surface area (Å²) in [5, 5.41) is 9.64. The molecule has 3 aromatic rings. The molecule has 0 bridgehead atoms. The molecule has 0 aliphatic carbocycles. The number of anilines is 2. The molecule has 2 aromatic heterocycles. The molecular formula is C28H25F2N5O3S. The maximum Gasteiger partial charge on any atom is 0.261 e. The van der Waals surface area contributed by atoms with Gasteiger partial charge in [0.1, 0.15) is 5.54 Å². The van der Waals surface area contributed by atoms with Crippen molar-refractivity contribution in [3.8, 4) is 11.9 Å². The highest BCUT2D eigenvalue weighted by molar-refractivity contribution is 7.81. The minimum absolute atomic E-state index is 0.00304. The van der Waals surface area contributed by atoms with Crippen molar-refractivity contribution in [2.45, 2.75) is 38.9 Å². The summed E-state index contributed by atoms with van der Waals surface area (Å²) in [6.45, 7) is 10.1. The van der Waals surface area contributed by atoms with Crippen LogP contribution < -0.4 is 20.1 Å². The Hall–Kier alpha value is -4.43. The number of carbonyl (C=O) groups is 1. The van der Waals surface area contributed by atoms with E-state index in [-0.39, 0.29) is 44.7 Å². The van der Waals surface area contributed by atoms with E-state index in [2.05, 4.69) is 11.6 Å². The Morgan fingerprint density at radius 1 is 1.26 bits per heavy atom. The predicted molar refractivity (Wildman–Crippen MR) is 148 cm³/mol. The zero-order chi connectivity index (χ0) is 28.9. The molecule has 0 spiro atoms. The number of amides is 1. The average molecular weight is 550 g/mol. The van der Waals surface area contributed by atoms with Crippen molar-refractivity contribution in [3.05, 3.63) is 88.1 Å². The lowest BCUT2D eigenvalue weighted by Gasteiger charge is -2.29. The number of pyridine rings is 1. The molecule has 1 aromatic carbocycles. The first-order chi connectivity index (χ1) is 18.3. The highest BCUT2D eigenvalue weighted by Crippen LogP contribution is 2.41. The number of hydrogen-bond acceptors (Lipinski definition) is 6. The van der Waals surface area contributed by atoms with Gasteiger partial charge in [0.2, 0.25) is 5.88 Å². The van der Waals surface area contributed by atoms with Crippen LogP contribution in [-0.2, 0) is 10.5 Å². The molecule has 1 saturated heterocycles. The first kappa shape index (κ1) is 27.6. The fraction of sp³-hybridized carbons (Fsp3) is 0.250. The van der Waals surface area contributed by atoms with Crippen molar-refractivity contribution in [2.75, 3.05) is 16.9 Å². The van der Waals surface area contributed by atoms with Gasteiger partial charge in [-0.15, -0.1) is 0 Å². The lowest BCUT2D eigenvalue weighted by molar-refractivity contribution is -0.120. The Labute approximate surface area is 229 Å². The van der Waals surface area contributed by atoms with Crippen LogP contribution in [0, 0.1) is 17.1 Å². The molecule has 1 amide bonds. The Morgan fingerprint density at radius 3 is 2.54 bits per heavy atom. The molecular weight excluding hydrogens is 524 g/mol. The number of hydrogen-bond donors (Lipinski definition) is 0. The lowest BCUT2D eigenvalue weighted by Crippen LogP contribution is -2.44. The average Bonchev–Trinajstić information content (AvgIpc) is 3.06. The van der Waals surface area contributed by atoms with E-state index < -0.39 is 28.5 Å². The predicted octanol–water partition coefficient (Wildman–Crippen LogP) is 4.95. The molecule has 39 heavy (non-hydrogen) atoms. The minimum Gasteiger partial charge on any atom is -0.481 e. The molecule has 1 atom stereocenters. The third kappa shape index (κ3) is 4.27. The van der Waals surface area contributed by atoms with Gasteiger partial charge in [-0.25, -0.2) is 8.78 Å². The van der Waals surface area contributed by atoms with Crippen LogP contribution in [0.5, 0.6) is 5.88 Å². The molecule has 0 saturated carbocycles. The second-order valence-electron chi connectivity index (χ2n) is 9.53. The van der Waals surface area contributed by atoms with Gasteiger partial charge >= 0.3 is 0 Å². The van der Waals surface area contributed by atoms with Crippen LogP contribution in [0.25, 0.3) is 5.65 Å². The van der Waals surface area contributed by atoms with Crippen molar-refractivity contribution in [1.82, 2.24) is 9.38 Å². The highest BCUT2D eigenvalue weighted by Gasteiger charge is 2.51. The second-order valence-corrected chi connectivity index (χ2v) is 9.89. The van der Waals surface area contributed by atoms with Crippen molar-refractivity contribution < 1.29 is 18.3 Å². The van der Waals surface area contributed by atoms with Crippen LogP contribution in [0.2, 0.25) is 0 Å². The fourth-order valence-electron chi connectivity index (χ4n) is 4.57. The number of nitrogens with zero attached hydrogens (tertiary/aromatic N) is 5. The summed E-state index contributed by atoms with van der Waals surface area (Å²) in [7, 11) is 1.31. The van der Waals surface area contributed by atoms with E-state index in [9.17, 15) is 14.9 Å². The molecule has 8 nitrogen and oxygen atoms in total. The van der Waals surface area contributed by atoms with Gasteiger partial charge in [-0.3, -0.25) is 18.9 Å². The minimum atomic E-state index is -2.17. The van der Waals surface area contributed by atoms with E-state index >= 15 is 8.78 Å². The van der Waals surface area contributed by atoms with Crippen molar-refractivity contribution >= 4 is 40.3 Å². The van der Waals surface area contributed by atoms with E-state index in [0.29, 0.717) is 0 Å². The number of ether oxygens (including phenoxy) is 1. The SMILES string of the molecule is C=C(C)C(F)(/C=C/C)c1cc(N2C(=O)C(C)(C)N(c3cc(F)c4nc(OC)cc(=O)n4c3)C2=S)ccc1C#N. The largest absolute Gasteiger partial charge is 0.481 e. The van der Waals surface area contributed by atoms with Crippen LogP contribution in [-0.4, -0.2) is 33.1 Å². The Morgan fingerprint density at radius 2 is 1.95 bits per heavy atom. The Kier molecular flexibility index (Phi) is 6.87. The van der Waals surface area contributed by atoms with Gasteiger partial charge in [-0.1, -0.05) is 12.7 Å². The van der Waals surface area contributed by atoms with Gasteiger partial charge in [0.15, 0.2) is 22.2 Å². The molecule has 1 aliphatic rings. The summed E-state index contributed by atoms with van der Waals surface area (Å²) < 4.78 is 37.3. The van der Waals surface area contributed by atoms with Crippen LogP contribution in [0.3, 0.4) is 0 Å². The van der Waals surface area contributed by atoms with Crippen LogP contribution in [0.1, 0.15) is 38.8 Å². The summed E-state index contributed by atoms with van der Waals surface area (Å²) in [5.74, 6) is -1.35. The maximum absolute atomic E-state index is 16.2. The molecule has 200 valence electrons. The van der Waals surface area contributed by atoms with Gasteiger partial charge in [0, 0.05) is 17.8 Å². The Balaban J connectivity index is 1.89. The number of alkyl halides is 1. The molecule has 11 heteroatoms. The number of rotatable bonds is 6. The summed E-state index contributed by atoms with van der Waals surface area (Å²) in [5.41, 5.74) is -3.79. The van der Waals surface area contributed by atoms with Gasteiger partial charge in [0.05, 0.1) is 36.2 Å².